The molecule has 2 aromatic rings. The number of rotatable bonds is 4. The van der Waals surface area contributed by atoms with Crippen LogP contribution in [0.25, 0.3) is 10.9 Å². The first-order valence-corrected chi connectivity index (χ1v) is 7.28. The van der Waals surface area contributed by atoms with Crippen LogP contribution in [0.1, 0.15) is 29.8 Å². The van der Waals surface area contributed by atoms with Crippen LogP contribution >= 0.6 is 0 Å². The van der Waals surface area contributed by atoms with Gasteiger partial charge >= 0.3 is 0 Å². The molecule has 110 valence electrons. The molecule has 1 heterocycles. The first-order valence-electron chi connectivity index (χ1n) is 7.28. The minimum Gasteiger partial charge on any atom is -0.398 e. The molecule has 1 aromatic heterocycles. The number of hydrogen-bond acceptors (Lipinski definition) is 4. The van der Waals surface area contributed by atoms with Gasteiger partial charge in [0.15, 0.2) is 0 Å². The maximum atomic E-state index is 12.7. The third kappa shape index (κ3) is 2.56. The predicted octanol–water partition coefficient (Wildman–Crippen LogP) is 1.80. The number of anilines is 1. The number of para-hydroxylation sites is 1. The molecule has 1 aliphatic rings. The minimum absolute atomic E-state index is 0.0364. The molecular formula is C16H19N3O2. The molecule has 21 heavy (non-hydrogen) atoms. The zero-order chi connectivity index (χ0) is 14.8. The fourth-order valence-electron chi connectivity index (χ4n) is 2.72. The van der Waals surface area contributed by atoms with Gasteiger partial charge in [0, 0.05) is 23.7 Å². The summed E-state index contributed by atoms with van der Waals surface area (Å²) < 4.78 is 0. The van der Waals surface area contributed by atoms with Gasteiger partial charge in [-0.05, 0) is 31.4 Å². The summed E-state index contributed by atoms with van der Waals surface area (Å²) in [5.41, 5.74) is 7.66. The van der Waals surface area contributed by atoms with Crippen molar-refractivity contribution in [1.29, 1.82) is 0 Å². The van der Waals surface area contributed by atoms with E-state index in [1.54, 1.807) is 11.0 Å². The summed E-state index contributed by atoms with van der Waals surface area (Å²) in [4.78, 5) is 18.8. The first kappa shape index (κ1) is 13.8. The molecule has 5 nitrogen and oxygen atoms in total. The topological polar surface area (TPSA) is 79.5 Å². The van der Waals surface area contributed by atoms with Crippen molar-refractivity contribution in [2.75, 3.05) is 18.9 Å². The summed E-state index contributed by atoms with van der Waals surface area (Å²) in [6.45, 7) is 0.309. The Kier molecular flexibility index (Phi) is 3.75. The van der Waals surface area contributed by atoms with Crippen LogP contribution in [-0.4, -0.2) is 40.1 Å². The fourth-order valence-corrected chi connectivity index (χ4v) is 2.72. The van der Waals surface area contributed by atoms with E-state index in [2.05, 4.69) is 4.98 Å². The Balaban J connectivity index is 1.96. The molecular weight excluding hydrogens is 266 g/mol. The normalized spacial score (nSPS) is 14.9. The lowest BCUT2D eigenvalue weighted by atomic mass is 9.91. The van der Waals surface area contributed by atoms with Gasteiger partial charge in [-0.1, -0.05) is 18.2 Å². The Hall–Kier alpha value is -2.14. The number of carbonyl (C=O) groups is 1. The predicted molar refractivity (Wildman–Crippen MR) is 81.9 cm³/mol. The molecule has 0 unspecified atom stereocenters. The van der Waals surface area contributed by atoms with Gasteiger partial charge in [0.25, 0.3) is 5.91 Å². The molecule has 1 aliphatic carbocycles. The molecule has 0 bridgehead atoms. The molecule has 0 aliphatic heterocycles. The average Bonchev–Trinajstić information content (AvgIpc) is 2.44. The molecule has 0 atom stereocenters. The van der Waals surface area contributed by atoms with Crippen molar-refractivity contribution < 1.29 is 9.90 Å². The van der Waals surface area contributed by atoms with Gasteiger partial charge in [0.05, 0.1) is 12.1 Å². The molecule has 1 fully saturated rings. The van der Waals surface area contributed by atoms with E-state index in [1.165, 1.54) is 0 Å². The fraction of sp³-hybridized carbons (Fsp3) is 0.375. The lowest BCUT2D eigenvalue weighted by Crippen LogP contribution is -2.45. The summed E-state index contributed by atoms with van der Waals surface area (Å²) in [7, 11) is 0. The van der Waals surface area contributed by atoms with Gasteiger partial charge in [-0.3, -0.25) is 4.79 Å². The summed E-state index contributed by atoms with van der Waals surface area (Å²) in [6.07, 6.45) is 3.12. The first-order chi connectivity index (χ1) is 10.2. The van der Waals surface area contributed by atoms with Crippen LogP contribution in [0.15, 0.2) is 30.3 Å². The van der Waals surface area contributed by atoms with E-state index in [1.807, 2.05) is 24.3 Å². The molecule has 1 aromatic carbocycles. The van der Waals surface area contributed by atoms with Crippen molar-refractivity contribution in [3.05, 3.63) is 36.0 Å². The molecule has 3 N–H and O–H groups in total. The molecule has 1 amide bonds. The molecule has 0 radical (unpaired) electrons. The van der Waals surface area contributed by atoms with E-state index in [0.29, 0.717) is 17.9 Å². The van der Waals surface area contributed by atoms with Crippen LogP contribution in [0.4, 0.5) is 5.69 Å². The van der Waals surface area contributed by atoms with Gasteiger partial charge in [-0.15, -0.1) is 0 Å². The second kappa shape index (κ2) is 5.69. The highest BCUT2D eigenvalue weighted by molar-refractivity contribution is 5.99. The number of fused-ring (bicyclic) bond motifs is 1. The molecule has 0 spiro atoms. The van der Waals surface area contributed by atoms with Gasteiger partial charge in [0.1, 0.15) is 5.69 Å². The van der Waals surface area contributed by atoms with Gasteiger partial charge in [-0.25, -0.2) is 4.98 Å². The Morgan fingerprint density at radius 1 is 1.38 bits per heavy atom. The zero-order valence-corrected chi connectivity index (χ0v) is 11.8. The molecule has 0 saturated heterocycles. The minimum atomic E-state index is -0.147. The lowest BCUT2D eigenvalue weighted by molar-refractivity contribution is 0.0520. The lowest BCUT2D eigenvalue weighted by Gasteiger charge is -2.37. The van der Waals surface area contributed by atoms with E-state index in [0.717, 1.165) is 30.2 Å². The Bertz CT molecular complexity index is 668. The van der Waals surface area contributed by atoms with Gasteiger partial charge < -0.3 is 15.7 Å². The van der Waals surface area contributed by atoms with Crippen LogP contribution in [0.5, 0.6) is 0 Å². The number of amides is 1. The Labute approximate surface area is 123 Å². The van der Waals surface area contributed by atoms with Crippen molar-refractivity contribution in [2.45, 2.75) is 25.3 Å². The number of nitrogens with zero attached hydrogens (tertiary/aromatic N) is 2. The smallest absolute Gasteiger partial charge is 0.272 e. The van der Waals surface area contributed by atoms with Crippen molar-refractivity contribution in [3.63, 3.8) is 0 Å². The number of nitrogen functional groups attached to an aromatic ring is 1. The van der Waals surface area contributed by atoms with E-state index in [-0.39, 0.29) is 18.6 Å². The summed E-state index contributed by atoms with van der Waals surface area (Å²) >= 11 is 0. The summed E-state index contributed by atoms with van der Waals surface area (Å²) in [5, 5.41) is 10.0. The number of benzene rings is 1. The summed E-state index contributed by atoms with van der Waals surface area (Å²) in [5.74, 6) is -0.147. The molecule has 1 saturated carbocycles. The number of pyridine rings is 1. The highest BCUT2D eigenvalue weighted by Gasteiger charge is 2.29. The van der Waals surface area contributed by atoms with Crippen LogP contribution < -0.4 is 5.73 Å². The third-order valence-corrected chi connectivity index (χ3v) is 4.08. The van der Waals surface area contributed by atoms with Crippen LogP contribution in [0.2, 0.25) is 0 Å². The zero-order valence-electron chi connectivity index (χ0n) is 11.8. The van der Waals surface area contributed by atoms with Crippen LogP contribution in [0, 0.1) is 0 Å². The molecule has 5 heteroatoms. The maximum absolute atomic E-state index is 12.7. The van der Waals surface area contributed by atoms with Crippen molar-refractivity contribution in [3.8, 4) is 0 Å². The second-order valence-corrected chi connectivity index (χ2v) is 5.42. The van der Waals surface area contributed by atoms with Gasteiger partial charge in [0.2, 0.25) is 0 Å². The largest absolute Gasteiger partial charge is 0.398 e. The van der Waals surface area contributed by atoms with E-state index in [4.69, 9.17) is 5.73 Å². The van der Waals surface area contributed by atoms with Crippen LogP contribution in [0.3, 0.4) is 0 Å². The maximum Gasteiger partial charge on any atom is 0.272 e. The summed E-state index contributed by atoms with van der Waals surface area (Å²) in [6, 6.07) is 9.37. The number of hydrogen-bond donors (Lipinski definition) is 2. The van der Waals surface area contributed by atoms with E-state index < -0.39 is 0 Å². The van der Waals surface area contributed by atoms with E-state index in [9.17, 15) is 9.90 Å². The standard InChI is InChI=1S/C16H19N3O2/c17-13-10-15(18-14-7-2-1-6-12(13)14)16(21)19(8-9-20)11-4-3-5-11/h1-2,6-7,10-11,20H,3-5,8-9H2,(H2,17,18). The second-order valence-electron chi connectivity index (χ2n) is 5.42. The van der Waals surface area contributed by atoms with Crippen molar-refractivity contribution in [1.82, 2.24) is 9.88 Å². The van der Waals surface area contributed by atoms with Crippen molar-refractivity contribution in [2.24, 2.45) is 0 Å². The quantitative estimate of drug-likeness (QED) is 0.897. The number of aromatic nitrogens is 1. The monoisotopic (exact) mass is 285 g/mol. The SMILES string of the molecule is Nc1cc(C(=O)N(CCO)C2CCC2)nc2ccccc12. The third-order valence-electron chi connectivity index (χ3n) is 4.08. The van der Waals surface area contributed by atoms with E-state index >= 15 is 0 Å². The average molecular weight is 285 g/mol. The number of nitrogens with two attached hydrogens (primary N) is 1. The number of carbonyl (C=O) groups excluding carboxylic acids is 1. The Morgan fingerprint density at radius 2 is 2.14 bits per heavy atom. The number of aliphatic hydroxyl groups is 1. The highest BCUT2D eigenvalue weighted by Crippen LogP contribution is 2.27. The van der Waals surface area contributed by atoms with Crippen LogP contribution in [-0.2, 0) is 0 Å². The Morgan fingerprint density at radius 3 is 2.81 bits per heavy atom. The van der Waals surface area contributed by atoms with Crippen molar-refractivity contribution >= 4 is 22.5 Å². The number of aliphatic hydroxyl groups excluding tert-OH is 1. The highest BCUT2D eigenvalue weighted by atomic mass is 16.3. The molecule has 3 rings (SSSR count). The van der Waals surface area contributed by atoms with Gasteiger partial charge in [-0.2, -0.15) is 0 Å².